The highest BCUT2D eigenvalue weighted by molar-refractivity contribution is 7.99. The van der Waals surface area contributed by atoms with Crippen LogP contribution >= 0.6 is 11.8 Å². The summed E-state index contributed by atoms with van der Waals surface area (Å²) in [7, 11) is 0. The number of Topliss-reactive ketones (excluding diaryl/α,β-unsaturated/α-hetero) is 1. The number of thioether (sulfide) groups is 1. The van der Waals surface area contributed by atoms with Crippen LogP contribution in [0.1, 0.15) is 23.7 Å². The largest absolute Gasteiger partial charge is 0.480 e. The molecule has 0 saturated heterocycles. The molecule has 0 aromatic heterocycles. The zero-order chi connectivity index (χ0) is 16.8. The maximum absolute atomic E-state index is 12.1. The van der Waals surface area contributed by atoms with E-state index in [1.807, 2.05) is 0 Å². The highest BCUT2D eigenvalue weighted by atomic mass is 32.2. The highest BCUT2D eigenvalue weighted by Gasteiger charge is 2.19. The van der Waals surface area contributed by atoms with Gasteiger partial charge in [-0.2, -0.15) is 11.8 Å². The molecule has 1 atom stereocenters. The van der Waals surface area contributed by atoms with Crippen molar-refractivity contribution in [1.29, 1.82) is 0 Å². The van der Waals surface area contributed by atoms with Crippen LogP contribution in [-0.4, -0.2) is 47.1 Å². The van der Waals surface area contributed by atoms with Gasteiger partial charge in [0, 0.05) is 30.4 Å². The van der Waals surface area contributed by atoms with Gasteiger partial charge < -0.3 is 19.9 Å². The van der Waals surface area contributed by atoms with Crippen molar-refractivity contribution in [2.75, 3.05) is 18.3 Å². The second kappa shape index (κ2) is 7.87. The van der Waals surface area contributed by atoms with Gasteiger partial charge in [-0.3, -0.25) is 9.59 Å². The van der Waals surface area contributed by atoms with Gasteiger partial charge in [0.05, 0.1) is 0 Å². The van der Waals surface area contributed by atoms with E-state index < -0.39 is 17.9 Å². The molecule has 1 aliphatic heterocycles. The quantitative estimate of drug-likeness (QED) is 0.544. The maximum Gasteiger partial charge on any atom is 0.327 e. The van der Waals surface area contributed by atoms with Crippen molar-refractivity contribution in [3.05, 3.63) is 23.8 Å². The number of rotatable bonds is 8. The van der Waals surface area contributed by atoms with Crippen LogP contribution in [0.4, 0.5) is 0 Å². The third-order valence-corrected chi connectivity index (χ3v) is 4.19. The zero-order valence-corrected chi connectivity index (χ0v) is 13.4. The number of amides is 1. The van der Waals surface area contributed by atoms with Crippen LogP contribution in [0.5, 0.6) is 11.5 Å². The Hall–Kier alpha value is -2.22. The number of carboxylic acids is 1. The SMILES string of the molecule is CC(=O)N[C@@H](CSCCC(=O)c1ccc2c(c1)OCO2)C(=O)O. The topological polar surface area (TPSA) is 102 Å². The minimum Gasteiger partial charge on any atom is -0.480 e. The Morgan fingerprint density at radius 2 is 2.04 bits per heavy atom. The second-order valence-electron chi connectivity index (χ2n) is 4.91. The molecule has 0 fully saturated rings. The number of carbonyl (C=O) groups is 3. The molecule has 0 unspecified atom stereocenters. The molecule has 2 rings (SSSR count). The van der Waals surface area contributed by atoms with E-state index in [1.54, 1.807) is 18.2 Å². The van der Waals surface area contributed by atoms with Gasteiger partial charge >= 0.3 is 5.97 Å². The van der Waals surface area contributed by atoms with Crippen LogP contribution in [-0.2, 0) is 9.59 Å². The van der Waals surface area contributed by atoms with Crippen LogP contribution in [0, 0.1) is 0 Å². The van der Waals surface area contributed by atoms with E-state index in [0.29, 0.717) is 22.8 Å². The first-order valence-corrected chi connectivity index (χ1v) is 8.13. The zero-order valence-electron chi connectivity index (χ0n) is 12.5. The van der Waals surface area contributed by atoms with Gasteiger partial charge in [-0.05, 0) is 18.2 Å². The van der Waals surface area contributed by atoms with E-state index in [-0.39, 0.29) is 24.7 Å². The number of ether oxygens (including phenoxy) is 2. The number of carboxylic acid groups (broad SMARTS) is 1. The molecule has 0 radical (unpaired) electrons. The molecule has 1 aromatic rings. The summed E-state index contributed by atoms with van der Waals surface area (Å²) in [5.74, 6) is 0.321. The van der Waals surface area contributed by atoms with Crippen molar-refractivity contribution in [2.45, 2.75) is 19.4 Å². The van der Waals surface area contributed by atoms with Gasteiger partial charge in [-0.25, -0.2) is 4.79 Å². The standard InChI is InChI=1S/C15H17NO6S/c1-9(17)16-11(15(19)20)7-23-5-4-12(18)10-2-3-13-14(6-10)22-8-21-13/h2-3,6,11H,4-5,7-8H2,1H3,(H,16,17)(H,19,20)/t11-/m0/s1. The van der Waals surface area contributed by atoms with E-state index in [0.717, 1.165) is 0 Å². The molecule has 1 heterocycles. The van der Waals surface area contributed by atoms with Crippen molar-refractivity contribution in [1.82, 2.24) is 5.32 Å². The Morgan fingerprint density at radius 1 is 1.30 bits per heavy atom. The fourth-order valence-electron chi connectivity index (χ4n) is 2.00. The van der Waals surface area contributed by atoms with Gasteiger partial charge in [-0.15, -0.1) is 0 Å². The number of ketones is 1. The van der Waals surface area contributed by atoms with Gasteiger partial charge in [0.15, 0.2) is 17.3 Å². The number of benzene rings is 1. The number of nitrogens with one attached hydrogen (secondary N) is 1. The molecular weight excluding hydrogens is 322 g/mol. The number of aliphatic carboxylic acids is 1. The molecule has 0 saturated carbocycles. The highest BCUT2D eigenvalue weighted by Crippen LogP contribution is 2.32. The predicted octanol–water partition coefficient (Wildman–Crippen LogP) is 1.31. The Labute approximate surface area is 137 Å². The molecule has 0 aliphatic carbocycles. The van der Waals surface area contributed by atoms with Crippen molar-refractivity contribution < 1.29 is 29.0 Å². The first-order chi connectivity index (χ1) is 11.0. The fourth-order valence-corrected chi connectivity index (χ4v) is 2.96. The Kier molecular flexibility index (Phi) is 5.86. The Balaban J connectivity index is 1.78. The maximum atomic E-state index is 12.1. The third-order valence-electron chi connectivity index (χ3n) is 3.13. The van der Waals surface area contributed by atoms with Crippen molar-refractivity contribution in [3.63, 3.8) is 0 Å². The number of hydrogen-bond acceptors (Lipinski definition) is 6. The third kappa shape index (κ3) is 4.88. The lowest BCUT2D eigenvalue weighted by molar-refractivity contribution is -0.140. The summed E-state index contributed by atoms with van der Waals surface area (Å²) in [6.45, 7) is 1.42. The van der Waals surface area contributed by atoms with Crippen LogP contribution < -0.4 is 14.8 Å². The van der Waals surface area contributed by atoms with Crippen LogP contribution in [0.15, 0.2) is 18.2 Å². The number of fused-ring (bicyclic) bond motifs is 1. The molecule has 1 amide bonds. The summed E-state index contributed by atoms with van der Waals surface area (Å²) in [5, 5.41) is 11.3. The van der Waals surface area contributed by atoms with E-state index in [4.69, 9.17) is 14.6 Å². The lowest BCUT2D eigenvalue weighted by atomic mass is 10.1. The molecular formula is C15H17NO6S. The number of hydrogen-bond donors (Lipinski definition) is 2. The van der Waals surface area contributed by atoms with Crippen molar-refractivity contribution in [3.8, 4) is 11.5 Å². The summed E-state index contributed by atoms with van der Waals surface area (Å²) in [4.78, 5) is 34.0. The van der Waals surface area contributed by atoms with E-state index in [9.17, 15) is 14.4 Å². The number of carbonyl (C=O) groups excluding carboxylic acids is 2. The first-order valence-electron chi connectivity index (χ1n) is 6.98. The summed E-state index contributed by atoms with van der Waals surface area (Å²) in [5.41, 5.74) is 0.534. The lowest BCUT2D eigenvalue weighted by Crippen LogP contribution is -2.41. The molecule has 23 heavy (non-hydrogen) atoms. The van der Waals surface area contributed by atoms with Crippen LogP contribution in [0.2, 0.25) is 0 Å². The Bertz CT molecular complexity index is 618. The minimum atomic E-state index is -1.09. The molecule has 124 valence electrons. The van der Waals surface area contributed by atoms with Gasteiger partial charge in [0.25, 0.3) is 0 Å². The fraction of sp³-hybridized carbons (Fsp3) is 0.400. The minimum absolute atomic E-state index is 0.0535. The van der Waals surface area contributed by atoms with Gasteiger partial charge in [-0.1, -0.05) is 0 Å². The summed E-state index contributed by atoms with van der Waals surface area (Å²) in [6, 6.07) is 4.07. The summed E-state index contributed by atoms with van der Waals surface area (Å²) < 4.78 is 10.4. The molecule has 1 aliphatic rings. The predicted molar refractivity (Wildman–Crippen MR) is 84.1 cm³/mol. The molecule has 1 aromatic carbocycles. The molecule has 2 N–H and O–H groups in total. The lowest BCUT2D eigenvalue weighted by Gasteiger charge is -2.12. The molecule has 8 heteroatoms. The van der Waals surface area contributed by atoms with Crippen molar-refractivity contribution in [2.24, 2.45) is 0 Å². The van der Waals surface area contributed by atoms with E-state index >= 15 is 0 Å². The Morgan fingerprint density at radius 3 is 2.74 bits per heavy atom. The first kappa shape index (κ1) is 17.1. The van der Waals surface area contributed by atoms with Gasteiger partial charge in [0.2, 0.25) is 12.7 Å². The average Bonchev–Trinajstić information content (AvgIpc) is 2.96. The summed E-state index contributed by atoms with van der Waals surface area (Å²) in [6.07, 6.45) is 0.275. The molecule has 7 nitrogen and oxygen atoms in total. The average molecular weight is 339 g/mol. The smallest absolute Gasteiger partial charge is 0.327 e. The van der Waals surface area contributed by atoms with E-state index in [2.05, 4.69) is 5.32 Å². The molecule has 0 spiro atoms. The summed E-state index contributed by atoms with van der Waals surface area (Å²) >= 11 is 1.31. The van der Waals surface area contributed by atoms with Crippen LogP contribution in [0.25, 0.3) is 0 Å². The van der Waals surface area contributed by atoms with E-state index in [1.165, 1.54) is 18.7 Å². The normalized spacial score (nSPS) is 13.4. The second-order valence-corrected chi connectivity index (χ2v) is 6.06. The monoisotopic (exact) mass is 339 g/mol. The van der Waals surface area contributed by atoms with Crippen molar-refractivity contribution >= 4 is 29.4 Å². The molecule has 0 bridgehead atoms. The van der Waals surface area contributed by atoms with Gasteiger partial charge in [0.1, 0.15) is 6.04 Å². The van der Waals surface area contributed by atoms with Crippen LogP contribution in [0.3, 0.4) is 0 Å².